The van der Waals surface area contributed by atoms with Gasteiger partial charge in [0.25, 0.3) is 0 Å². The molecule has 2 nitrogen and oxygen atoms in total. The second-order valence-corrected chi connectivity index (χ2v) is 9.35. The minimum atomic E-state index is -0.0922. The molecule has 0 saturated carbocycles. The molecule has 0 amide bonds. The van der Waals surface area contributed by atoms with Crippen LogP contribution in [-0.2, 0) is 0 Å². The van der Waals surface area contributed by atoms with Gasteiger partial charge in [0.05, 0.1) is 12.3 Å². The smallest absolute Gasteiger partial charge is 0.0664 e. The number of aliphatic imine (C=N–C) groups is 1. The van der Waals surface area contributed by atoms with Crippen LogP contribution in [0.25, 0.3) is 6.08 Å². The highest BCUT2D eigenvalue weighted by molar-refractivity contribution is 5.84. The molecule has 0 aromatic heterocycles. The number of benzene rings is 1. The third kappa shape index (κ3) is 9.93. The summed E-state index contributed by atoms with van der Waals surface area (Å²) >= 11 is 0. The highest BCUT2D eigenvalue weighted by Gasteiger charge is 2.21. The topological polar surface area (TPSA) is 32.6 Å². The van der Waals surface area contributed by atoms with Crippen molar-refractivity contribution in [1.82, 2.24) is 0 Å². The molecule has 0 aliphatic rings. The average Bonchev–Trinajstić information content (AvgIpc) is 2.69. The Morgan fingerprint density at radius 2 is 1.65 bits per heavy atom. The number of nitrogens with zero attached hydrogens (tertiary/aromatic N) is 1. The van der Waals surface area contributed by atoms with Crippen molar-refractivity contribution in [3.05, 3.63) is 83.5 Å². The van der Waals surface area contributed by atoms with Crippen LogP contribution in [-0.4, -0.2) is 17.9 Å². The lowest BCUT2D eigenvalue weighted by molar-refractivity contribution is 0.295. The Kier molecular flexibility index (Phi) is 12.0. The van der Waals surface area contributed by atoms with Crippen LogP contribution in [0.1, 0.15) is 66.5 Å². The number of aliphatic hydroxyl groups excluding tert-OH is 1. The molecule has 0 aliphatic carbocycles. The van der Waals surface area contributed by atoms with Gasteiger partial charge < -0.3 is 5.11 Å². The summed E-state index contributed by atoms with van der Waals surface area (Å²) in [4.78, 5) is 4.66. The molecule has 2 heteroatoms. The zero-order chi connectivity index (χ0) is 24.2. The van der Waals surface area contributed by atoms with Gasteiger partial charge in [-0.3, -0.25) is 4.99 Å². The maximum Gasteiger partial charge on any atom is 0.0664 e. The lowest BCUT2D eigenvalue weighted by Crippen LogP contribution is -2.16. The van der Waals surface area contributed by atoms with E-state index in [2.05, 4.69) is 84.8 Å². The van der Waals surface area contributed by atoms with Gasteiger partial charge in [-0.25, -0.2) is 0 Å². The molecule has 1 aromatic carbocycles. The first-order chi connectivity index (χ1) is 14.4. The Morgan fingerprint density at radius 3 is 2.13 bits per heavy atom. The van der Waals surface area contributed by atoms with Crippen LogP contribution in [0.5, 0.6) is 0 Å². The summed E-state index contributed by atoms with van der Waals surface area (Å²) in [5, 5.41) is 9.82. The number of hydrogen-bond acceptors (Lipinski definition) is 2. The molecule has 1 rings (SSSR count). The maximum atomic E-state index is 9.82. The van der Waals surface area contributed by atoms with E-state index in [4.69, 9.17) is 0 Å². The standard InChI is InChI=1S/C27H37NO.C2H6/c1-10-11-13-22-14-12-15-25(21(22)3)28-18-20(2)16-23(26(4,5)6)17-24(19-29)27(7,8)9;1-2/h10-18,29H,1-2,19H2,3-9H3;1-2H3/b13-11-,23-16+,24-17+,28-18?;. The maximum absolute atomic E-state index is 9.82. The van der Waals surface area contributed by atoms with E-state index in [1.165, 1.54) is 0 Å². The molecule has 0 spiro atoms. The molecule has 0 heterocycles. The summed E-state index contributed by atoms with van der Waals surface area (Å²) in [6, 6.07) is 6.07. The molecule has 1 aromatic rings. The van der Waals surface area contributed by atoms with E-state index in [1.807, 2.05) is 38.1 Å². The number of aliphatic hydroxyl groups is 1. The second kappa shape index (κ2) is 13.1. The van der Waals surface area contributed by atoms with Gasteiger partial charge in [0.15, 0.2) is 0 Å². The summed E-state index contributed by atoms with van der Waals surface area (Å²) in [6.45, 7) is 26.8. The van der Waals surface area contributed by atoms with Crippen molar-refractivity contribution < 1.29 is 5.11 Å². The Morgan fingerprint density at radius 1 is 1.03 bits per heavy atom. The zero-order valence-electron chi connectivity index (χ0n) is 21.2. The fourth-order valence-electron chi connectivity index (χ4n) is 2.68. The van der Waals surface area contributed by atoms with Crippen LogP contribution in [0.3, 0.4) is 0 Å². The third-order valence-electron chi connectivity index (χ3n) is 4.80. The quantitative estimate of drug-likeness (QED) is 0.348. The molecular formula is C29H43NO. The van der Waals surface area contributed by atoms with Crippen LogP contribution in [0, 0.1) is 17.8 Å². The minimum Gasteiger partial charge on any atom is -0.392 e. The molecule has 0 radical (unpaired) electrons. The monoisotopic (exact) mass is 421 g/mol. The van der Waals surface area contributed by atoms with E-state index in [-0.39, 0.29) is 17.4 Å². The first-order valence-corrected chi connectivity index (χ1v) is 11.1. The molecular weight excluding hydrogens is 378 g/mol. The molecule has 0 atom stereocenters. The van der Waals surface area contributed by atoms with Crippen molar-refractivity contribution in [1.29, 1.82) is 0 Å². The summed E-state index contributed by atoms with van der Waals surface area (Å²) in [5.41, 5.74) is 5.93. The fraction of sp³-hybridized carbons (Fsp3) is 0.414. The van der Waals surface area contributed by atoms with Gasteiger partial charge in [-0.15, -0.1) is 0 Å². The highest BCUT2D eigenvalue weighted by Crippen LogP contribution is 2.33. The zero-order valence-corrected chi connectivity index (χ0v) is 21.2. The molecule has 170 valence electrons. The predicted octanol–water partition coefficient (Wildman–Crippen LogP) is 8.42. The van der Waals surface area contributed by atoms with Crippen molar-refractivity contribution in [3.8, 4) is 0 Å². The van der Waals surface area contributed by atoms with Crippen LogP contribution in [0.4, 0.5) is 5.69 Å². The van der Waals surface area contributed by atoms with Crippen molar-refractivity contribution in [3.63, 3.8) is 0 Å². The molecule has 0 aliphatic heterocycles. The summed E-state index contributed by atoms with van der Waals surface area (Å²) in [6.07, 6.45) is 11.7. The Hall–Kier alpha value is -2.45. The van der Waals surface area contributed by atoms with Gasteiger partial charge >= 0.3 is 0 Å². The average molecular weight is 422 g/mol. The molecule has 31 heavy (non-hydrogen) atoms. The Bertz CT molecular complexity index is 850. The number of rotatable bonds is 7. The highest BCUT2D eigenvalue weighted by atomic mass is 16.3. The normalized spacial score (nSPS) is 13.4. The van der Waals surface area contributed by atoms with E-state index < -0.39 is 0 Å². The van der Waals surface area contributed by atoms with Crippen LogP contribution >= 0.6 is 0 Å². The largest absolute Gasteiger partial charge is 0.392 e. The predicted molar refractivity (Wildman–Crippen MR) is 141 cm³/mol. The van der Waals surface area contributed by atoms with E-state index >= 15 is 0 Å². The lowest BCUT2D eigenvalue weighted by atomic mass is 9.79. The summed E-state index contributed by atoms with van der Waals surface area (Å²) < 4.78 is 0. The summed E-state index contributed by atoms with van der Waals surface area (Å²) in [5.74, 6) is 0. The van der Waals surface area contributed by atoms with Gasteiger partial charge in [0.2, 0.25) is 0 Å². The minimum absolute atomic E-state index is 0.0434. The lowest BCUT2D eigenvalue weighted by Gasteiger charge is -2.26. The van der Waals surface area contributed by atoms with Crippen molar-refractivity contribution in [2.24, 2.45) is 15.8 Å². The van der Waals surface area contributed by atoms with Crippen LogP contribution in [0.15, 0.2) is 77.4 Å². The van der Waals surface area contributed by atoms with E-state index in [9.17, 15) is 5.11 Å². The van der Waals surface area contributed by atoms with Gasteiger partial charge in [-0.1, -0.05) is 111 Å². The van der Waals surface area contributed by atoms with E-state index in [0.29, 0.717) is 0 Å². The molecule has 1 N–H and O–H groups in total. The van der Waals surface area contributed by atoms with Gasteiger partial charge in [0, 0.05) is 6.21 Å². The first-order valence-electron chi connectivity index (χ1n) is 11.1. The van der Waals surface area contributed by atoms with Gasteiger partial charge in [-0.05, 0) is 51.7 Å². The number of hydrogen-bond donors (Lipinski definition) is 1. The van der Waals surface area contributed by atoms with E-state index in [1.54, 1.807) is 12.3 Å². The SMILES string of the molecule is C=C/C=C\c1cccc(N=CC(=C)/C=C(\C=C(/CO)C(C)(C)C)C(C)(C)C)c1C.CC. The number of allylic oxidation sites excluding steroid dienone is 6. The summed E-state index contributed by atoms with van der Waals surface area (Å²) in [7, 11) is 0. The van der Waals surface area contributed by atoms with Crippen LogP contribution in [0.2, 0.25) is 0 Å². The van der Waals surface area contributed by atoms with E-state index in [0.717, 1.165) is 33.5 Å². The molecule has 0 saturated heterocycles. The molecule has 0 bridgehead atoms. The second-order valence-electron chi connectivity index (χ2n) is 9.35. The Labute approximate surface area is 191 Å². The third-order valence-corrected chi connectivity index (χ3v) is 4.80. The molecule has 0 unspecified atom stereocenters. The van der Waals surface area contributed by atoms with Crippen molar-refractivity contribution >= 4 is 18.0 Å². The van der Waals surface area contributed by atoms with Gasteiger partial charge in [0.1, 0.15) is 0 Å². The first kappa shape index (κ1) is 28.5. The van der Waals surface area contributed by atoms with Crippen molar-refractivity contribution in [2.45, 2.75) is 62.3 Å². The molecule has 0 fully saturated rings. The fourth-order valence-corrected chi connectivity index (χ4v) is 2.68. The van der Waals surface area contributed by atoms with Crippen LogP contribution < -0.4 is 0 Å². The van der Waals surface area contributed by atoms with Gasteiger partial charge in [-0.2, -0.15) is 0 Å². The van der Waals surface area contributed by atoms with Crippen molar-refractivity contribution in [2.75, 3.05) is 6.61 Å². The Balaban J connectivity index is 0.00000436.